The molecule has 3 nitrogen and oxygen atoms in total. The Bertz CT molecular complexity index is 638. The van der Waals surface area contributed by atoms with Gasteiger partial charge >= 0.3 is 0 Å². The van der Waals surface area contributed by atoms with Crippen LogP contribution in [0.15, 0.2) is 30.3 Å². The van der Waals surface area contributed by atoms with Crippen LogP contribution in [0.4, 0.5) is 10.1 Å². The summed E-state index contributed by atoms with van der Waals surface area (Å²) in [5.41, 5.74) is 9.27. The molecule has 0 fully saturated rings. The second-order valence-corrected chi connectivity index (χ2v) is 4.30. The quantitative estimate of drug-likeness (QED) is 0.583. The Morgan fingerprint density at radius 2 is 2.05 bits per heavy atom. The molecule has 0 spiro atoms. The number of phenolic OH excluding ortho intramolecular Hbond substituents is 1. The standard InChI is InChI=1S/C15H15FN2O/c1-2-9-6-15(19)13(16)7-12(9)10-3-4-11(8-17)14(18)5-10/h3-8,17,19H,2,18H2,1H3. The summed E-state index contributed by atoms with van der Waals surface area (Å²) in [5.74, 6) is -0.994. The number of anilines is 1. The van der Waals surface area contributed by atoms with Crippen LogP contribution in [0, 0.1) is 11.2 Å². The van der Waals surface area contributed by atoms with E-state index in [0.717, 1.165) is 11.1 Å². The van der Waals surface area contributed by atoms with E-state index in [9.17, 15) is 9.50 Å². The van der Waals surface area contributed by atoms with E-state index in [1.807, 2.05) is 6.92 Å². The van der Waals surface area contributed by atoms with E-state index in [-0.39, 0.29) is 5.75 Å². The molecule has 19 heavy (non-hydrogen) atoms. The van der Waals surface area contributed by atoms with Crippen LogP contribution in [0.1, 0.15) is 18.1 Å². The Kier molecular flexibility index (Phi) is 3.51. The van der Waals surface area contributed by atoms with Crippen molar-refractivity contribution >= 4 is 11.9 Å². The number of halogens is 1. The highest BCUT2D eigenvalue weighted by molar-refractivity contribution is 5.87. The summed E-state index contributed by atoms with van der Waals surface area (Å²) in [5, 5.41) is 16.6. The Hall–Kier alpha value is -2.36. The van der Waals surface area contributed by atoms with Crippen LogP contribution in [0.5, 0.6) is 5.75 Å². The van der Waals surface area contributed by atoms with Crippen LogP contribution >= 0.6 is 0 Å². The third-order valence-corrected chi connectivity index (χ3v) is 3.11. The van der Waals surface area contributed by atoms with Crippen LogP contribution < -0.4 is 5.73 Å². The molecule has 2 rings (SSSR count). The zero-order valence-corrected chi connectivity index (χ0v) is 10.6. The van der Waals surface area contributed by atoms with Gasteiger partial charge in [-0.15, -0.1) is 0 Å². The zero-order valence-electron chi connectivity index (χ0n) is 10.6. The van der Waals surface area contributed by atoms with E-state index >= 15 is 0 Å². The Morgan fingerprint density at radius 1 is 1.32 bits per heavy atom. The van der Waals surface area contributed by atoms with Crippen molar-refractivity contribution in [1.82, 2.24) is 0 Å². The molecule has 0 aliphatic rings. The third-order valence-electron chi connectivity index (χ3n) is 3.11. The second kappa shape index (κ2) is 5.10. The number of hydrogen-bond acceptors (Lipinski definition) is 3. The molecule has 0 aliphatic carbocycles. The molecule has 0 bridgehead atoms. The van der Waals surface area contributed by atoms with Gasteiger partial charge in [-0.2, -0.15) is 0 Å². The number of aryl methyl sites for hydroxylation is 1. The molecule has 2 aromatic carbocycles. The third kappa shape index (κ3) is 2.42. The lowest BCUT2D eigenvalue weighted by atomic mass is 9.96. The highest BCUT2D eigenvalue weighted by atomic mass is 19.1. The number of aromatic hydroxyl groups is 1. The molecule has 0 radical (unpaired) electrons. The molecule has 4 N–H and O–H groups in total. The minimum Gasteiger partial charge on any atom is -0.505 e. The minimum atomic E-state index is -0.651. The maximum absolute atomic E-state index is 13.5. The first kappa shape index (κ1) is 13.1. The molecule has 0 saturated carbocycles. The average molecular weight is 258 g/mol. The summed E-state index contributed by atoms with van der Waals surface area (Å²) in [6, 6.07) is 7.98. The fourth-order valence-electron chi connectivity index (χ4n) is 2.04. The Morgan fingerprint density at radius 3 is 2.63 bits per heavy atom. The number of nitrogens with one attached hydrogen (secondary N) is 1. The van der Waals surface area contributed by atoms with Crippen molar-refractivity contribution in [2.75, 3.05) is 5.73 Å². The molecule has 0 heterocycles. The smallest absolute Gasteiger partial charge is 0.165 e. The zero-order chi connectivity index (χ0) is 14.0. The molecule has 2 aromatic rings. The van der Waals surface area contributed by atoms with Gasteiger partial charge in [0.1, 0.15) is 0 Å². The van der Waals surface area contributed by atoms with Gasteiger partial charge in [-0.1, -0.05) is 19.1 Å². The number of rotatable bonds is 3. The molecule has 0 aliphatic heterocycles. The molecular formula is C15H15FN2O. The van der Waals surface area contributed by atoms with Gasteiger partial charge in [-0.3, -0.25) is 0 Å². The van der Waals surface area contributed by atoms with Crippen LogP contribution in [0.3, 0.4) is 0 Å². The van der Waals surface area contributed by atoms with E-state index in [1.54, 1.807) is 18.2 Å². The predicted octanol–water partition coefficient (Wildman–Crippen LogP) is 3.34. The fourth-order valence-corrected chi connectivity index (χ4v) is 2.04. The molecule has 0 amide bonds. The lowest BCUT2D eigenvalue weighted by Crippen LogP contribution is -1.95. The van der Waals surface area contributed by atoms with Crippen molar-refractivity contribution in [3.63, 3.8) is 0 Å². The van der Waals surface area contributed by atoms with E-state index in [4.69, 9.17) is 11.1 Å². The lowest BCUT2D eigenvalue weighted by molar-refractivity contribution is 0.432. The SMILES string of the molecule is CCc1cc(O)c(F)cc1-c1ccc(C=N)c(N)c1. The highest BCUT2D eigenvalue weighted by Crippen LogP contribution is 2.31. The summed E-state index contributed by atoms with van der Waals surface area (Å²) in [4.78, 5) is 0. The number of benzene rings is 2. The first-order valence-corrected chi connectivity index (χ1v) is 5.98. The van der Waals surface area contributed by atoms with Crippen LogP contribution in [-0.4, -0.2) is 11.3 Å². The maximum Gasteiger partial charge on any atom is 0.165 e. The first-order valence-electron chi connectivity index (χ1n) is 5.98. The van der Waals surface area contributed by atoms with Gasteiger partial charge in [0.05, 0.1) is 0 Å². The van der Waals surface area contributed by atoms with E-state index < -0.39 is 5.82 Å². The van der Waals surface area contributed by atoms with Crippen molar-refractivity contribution in [1.29, 1.82) is 5.41 Å². The minimum absolute atomic E-state index is 0.343. The molecule has 4 heteroatoms. The molecule has 98 valence electrons. The average Bonchev–Trinajstić information content (AvgIpc) is 2.41. The monoisotopic (exact) mass is 258 g/mol. The van der Waals surface area contributed by atoms with Crippen molar-refractivity contribution in [3.05, 3.63) is 47.3 Å². The Labute approximate surface area is 111 Å². The van der Waals surface area contributed by atoms with E-state index in [0.29, 0.717) is 23.2 Å². The fraction of sp³-hybridized carbons (Fsp3) is 0.133. The summed E-state index contributed by atoms with van der Waals surface area (Å²) < 4.78 is 13.5. The van der Waals surface area contributed by atoms with Crippen LogP contribution in [0.2, 0.25) is 0 Å². The molecular weight excluding hydrogens is 243 g/mol. The van der Waals surface area contributed by atoms with Crippen molar-refractivity contribution in [2.45, 2.75) is 13.3 Å². The van der Waals surface area contributed by atoms with Gasteiger partial charge < -0.3 is 16.2 Å². The summed E-state index contributed by atoms with van der Waals surface area (Å²) in [7, 11) is 0. The highest BCUT2D eigenvalue weighted by Gasteiger charge is 2.10. The second-order valence-electron chi connectivity index (χ2n) is 4.30. The lowest BCUT2D eigenvalue weighted by Gasteiger charge is -2.11. The topological polar surface area (TPSA) is 70.1 Å². The first-order chi connectivity index (χ1) is 9.06. The summed E-state index contributed by atoms with van der Waals surface area (Å²) in [6.07, 6.45) is 1.85. The van der Waals surface area contributed by atoms with Gasteiger partial charge in [0.25, 0.3) is 0 Å². The van der Waals surface area contributed by atoms with Crippen molar-refractivity contribution < 1.29 is 9.50 Å². The van der Waals surface area contributed by atoms with Gasteiger partial charge in [-0.05, 0) is 41.3 Å². The van der Waals surface area contributed by atoms with Crippen molar-refractivity contribution in [2.24, 2.45) is 0 Å². The largest absolute Gasteiger partial charge is 0.505 e. The van der Waals surface area contributed by atoms with Crippen molar-refractivity contribution in [3.8, 4) is 16.9 Å². The van der Waals surface area contributed by atoms with Gasteiger partial charge in [0, 0.05) is 17.5 Å². The maximum atomic E-state index is 13.5. The number of nitrogen functional groups attached to an aromatic ring is 1. The number of hydrogen-bond donors (Lipinski definition) is 3. The number of phenols is 1. The van der Waals surface area contributed by atoms with E-state index in [1.165, 1.54) is 18.3 Å². The van der Waals surface area contributed by atoms with E-state index in [2.05, 4.69) is 0 Å². The molecule has 0 saturated heterocycles. The van der Waals surface area contributed by atoms with Gasteiger partial charge in [-0.25, -0.2) is 4.39 Å². The molecule has 0 unspecified atom stereocenters. The van der Waals surface area contributed by atoms with Crippen LogP contribution in [0.25, 0.3) is 11.1 Å². The Balaban J connectivity index is 2.61. The molecule has 0 atom stereocenters. The number of nitrogens with two attached hydrogens (primary N) is 1. The normalized spacial score (nSPS) is 10.4. The van der Waals surface area contributed by atoms with Crippen LogP contribution in [-0.2, 0) is 6.42 Å². The van der Waals surface area contributed by atoms with Gasteiger partial charge in [0.2, 0.25) is 0 Å². The van der Waals surface area contributed by atoms with Gasteiger partial charge in [0.15, 0.2) is 11.6 Å². The summed E-state index contributed by atoms with van der Waals surface area (Å²) >= 11 is 0. The predicted molar refractivity (Wildman–Crippen MR) is 75.2 cm³/mol. The molecule has 0 aromatic heterocycles. The summed E-state index contributed by atoms with van der Waals surface area (Å²) in [6.45, 7) is 1.94.